The third-order valence-corrected chi connectivity index (χ3v) is 7.33. The number of unbranched alkanes of at least 4 members (excludes halogenated alkanes) is 2. The summed E-state index contributed by atoms with van der Waals surface area (Å²) in [5.74, 6) is -0.208. The molecule has 0 bridgehead atoms. The molecule has 1 aliphatic rings. The molecular weight excluding hydrogens is 486 g/mol. The van der Waals surface area contributed by atoms with Crippen LogP contribution in [0.1, 0.15) is 90.8 Å². The van der Waals surface area contributed by atoms with Gasteiger partial charge in [-0.05, 0) is 57.5 Å². The van der Waals surface area contributed by atoms with E-state index in [9.17, 15) is 14.7 Å². The summed E-state index contributed by atoms with van der Waals surface area (Å²) in [5.41, 5.74) is 4.13. The fraction of sp³-hybridized carbons (Fsp3) is 0.467. The van der Waals surface area contributed by atoms with Crippen LogP contribution >= 0.6 is 12.4 Å². The van der Waals surface area contributed by atoms with Crippen LogP contribution in [-0.4, -0.2) is 45.9 Å². The summed E-state index contributed by atoms with van der Waals surface area (Å²) in [6.45, 7) is 8.94. The summed E-state index contributed by atoms with van der Waals surface area (Å²) in [7, 11) is 0. The van der Waals surface area contributed by atoms with Gasteiger partial charge in [-0.25, -0.2) is 0 Å². The Hall–Kier alpha value is -2.83. The van der Waals surface area contributed by atoms with Crippen LogP contribution in [0.2, 0.25) is 0 Å². The number of carbonyl (C=O) groups excluding carboxylic acids is 2. The third-order valence-electron chi connectivity index (χ3n) is 7.33. The fourth-order valence-corrected chi connectivity index (χ4v) is 5.39. The minimum atomic E-state index is -0.128. The van der Waals surface area contributed by atoms with Gasteiger partial charge in [-0.1, -0.05) is 51.3 Å². The Kier molecular flexibility index (Phi) is 10.2. The first-order chi connectivity index (χ1) is 17.5. The maximum Gasteiger partial charge on any atom is 0.253 e. The molecule has 4 rings (SSSR count). The molecule has 1 fully saturated rings. The van der Waals surface area contributed by atoms with Crippen LogP contribution in [0.4, 0.5) is 0 Å². The van der Waals surface area contributed by atoms with E-state index in [4.69, 9.17) is 0 Å². The molecule has 6 nitrogen and oxygen atoms in total. The van der Waals surface area contributed by atoms with E-state index >= 15 is 0 Å². The lowest BCUT2D eigenvalue weighted by molar-refractivity contribution is 0.0952. The van der Waals surface area contributed by atoms with Crippen LogP contribution in [0.25, 0.3) is 16.6 Å². The number of hydrogen-bond acceptors (Lipinski definition) is 4. The van der Waals surface area contributed by atoms with Gasteiger partial charge in [0.15, 0.2) is 5.78 Å². The molecule has 0 saturated carbocycles. The van der Waals surface area contributed by atoms with Gasteiger partial charge in [0.2, 0.25) is 0 Å². The second kappa shape index (κ2) is 13.1. The van der Waals surface area contributed by atoms with Crippen molar-refractivity contribution in [2.45, 2.75) is 72.3 Å². The minimum absolute atomic E-state index is 0. The summed E-state index contributed by atoms with van der Waals surface area (Å²) in [6.07, 6.45) is 6.83. The molecule has 7 heteroatoms. The van der Waals surface area contributed by atoms with Crippen LogP contribution in [0.15, 0.2) is 36.4 Å². The van der Waals surface area contributed by atoms with Crippen LogP contribution < -0.4 is 5.32 Å². The number of hydrogen-bond donors (Lipinski definition) is 2. The Morgan fingerprint density at radius 2 is 1.73 bits per heavy atom. The van der Waals surface area contributed by atoms with Crippen molar-refractivity contribution < 1.29 is 14.7 Å². The van der Waals surface area contributed by atoms with Crippen LogP contribution in [0, 0.1) is 6.92 Å². The summed E-state index contributed by atoms with van der Waals surface area (Å²) < 4.78 is 2.06. The zero-order chi connectivity index (χ0) is 25.7. The normalized spacial score (nSPS) is 13.9. The minimum Gasteiger partial charge on any atom is -0.507 e. The van der Waals surface area contributed by atoms with Crippen molar-refractivity contribution in [1.29, 1.82) is 0 Å². The number of likely N-dealkylation sites (tertiary alicyclic amines) is 1. The van der Waals surface area contributed by atoms with Gasteiger partial charge in [0.1, 0.15) is 5.75 Å². The number of aromatic hydroxyl groups is 1. The molecule has 3 aromatic rings. The van der Waals surface area contributed by atoms with Gasteiger partial charge < -0.3 is 15.0 Å². The highest BCUT2D eigenvalue weighted by Crippen LogP contribution is 2.39. The molecular formula is C30H40ClN3O3. The second-order valence-electron chi connectivity index (χ2n) is 9.85. The van der Waals surface area contributed by atoms with Gasteiger partial charge in [0, 0.05) is 41.8 Å². The van der Waals surface area contributed by atoms with Crippen molar-refractivity contribution >= 4 is 35.0 Å². The largest absolute Gasteiger partial charge is 0.507 e. The second-order valence-corrected chi connectivity index (χ2v) is 9.85. The van der Waals surface area contributed by atoms with Crippen LogP contribution in [0.3, 0.4) is 0 Å². The van der Waals surface area contributed by atoms with E-state index in [-0.39, 0.29) is 29.8 Å². The van der Waals surface area contributed by atoms with Gasteiger partial charge in [-0.2, -0.15) is 0 Å². The van der Waals surface area contributed by atoms with E-state index in [1.165, 1.54) is 6.42 Å². The highest BCUT2D eigenvalue weighted by atomic mass is 35.5. The average Bonchev–Trinajstić information content (AvgIpc) is 3.20. The molecule has 0 atom stereocenters. The number of rotatable bonds is 10. The number of nitrogens with zero attached hydrogens (tertiary/aromatic N) is 2. The quantitative estimate of drug-likeness (QED) is 0.232. The fourth-order valence-electron chi connectivity index (χ4n) is 5.39. The van der Waals surface area contributed by atoms with Gasteiger partial charge in [-0.3, -0.25) is 14.5 Å². The van der Waals surface area contributed by atoms with E-state index in [1.807, 2.05) is 44.2 Å². The number of para-hydroxylation sites is 1. The number of phenolic OH excluding ortho intramolecular Hbond substituents is 1. The lowest BCUT2D eigenvalue weighted by Crippen LogP contribution is -2.29. The standard InChI is InChI=1S/C30H39N3O3.ClH/c1-4-6-11-16-31-30(36)27-21(3)33(22-14-9-7-10-15-22)25-19-23(26(34)5-2)29(35)24(28(25)27)20-32-17-12-8-13-18-32;/h7,9-10,14-15,19,35H,4-6,8,11-13,16-18,20H2,1-3H3,(H,31,36);1H. The van der Waals surface area contributed by atoms with Crippen molar-refractivity contribution in [3.63, 3.8) is 0 Å². The van der Waals surface area contributed by atoms with Crippen LogP contribution in [-0.2, 0) is 6.54 Å². The number of ketones is 1. The molecule has 0 unspecified atom stereocenters. The Labute approximate surface area is 226 Å². The molecule has 0 radical (unpaired) electrons. The van der Waals surface area contributed by atoms with Gasteiger partial charge >= 0.3 is 0 Å². The molecule has 2 N–H and O–H groups in total. The van der Waals surface area contributed by atoms with E-state index in [2.05, 4.69) is 21.7 Å². The Balaban J connectivity index is 0.00000380. The highest BCUT2D eigenvalue weighted by molar-refractivity contribution is 6.13. The Morgan fingerprint density at radius 3 is 2.38 bits per heavy atom. The van der Waals surface area contributed by atoms with Crippen molar-refractivity contribution in [2.24, 2.45) is 0 Å². The van der Waals surface area contributed by atoms with Gasteiger partial charge in [0.25, 0.3) is 5.91 Å². The number of nitrogens with one attached hydrogen (secondary N) is 1. The summed E-state index contributed by atoms with van der Waals surface area (Å²) >= 11 is 0. The number of phenols is 1. The van der Waals surface area contributed by atoms with E-state index in [0.29, 0.717) is 36.2 Å². The van der Waals surface area contributed by atoms with Gasteiger partial charge in [-0.15, -0.1) is 12.4 Å². The van der Waals surface area contributed by atoms with Gasteiger partial charge in [0.05, 0.1) is 16.6 Å². The lowest BCUT2D eigenvalue weighted by Gasteiger charge is -2.27. The smallest absolute Gasteiger partial charge is 0.253 e. The zero-order valence-corrected chi connectivity index (χ0v) is 23.1. The summed E-state index contributed by atoms with van der Waals surface area (Å²) in [4.78, 5) is 28.9. The molecule has 2 heterocycles. The number of aromatic nitrogens is 1. The number of halogens is 1. The first kappa shape index (κ1) is 28.7. The number of benzene rings is 2. The Morgan fingerprint density at radius 1 is 1.03 bits per heavy atom. The third kappa shape index (κ3) is 6.02. The summed E-state index contributed by atoms with van der Waals surface area (Å²) in [5, 5.41) is 15.3. The molecule has 1 amide bonds. The maximum atomic E-state index is 13.6. The van der Waals surface area contributed by atoms with E-state index in [0.717, 1.165) is 67.5 Å². The molecule has 1 aliphatic heterocycles. The molecule has 200 valence electrons. The van der Waals surface area contributed by atoms with Crippen molar-refractivity contribution in [2.75, 3.05) is 19.6 Å². The first-order valence-electron chi connectivity index (χ1n) is 13.5. The van der Waals surface area contributed by atoms with Crippen molar-refractivity contribution in [1.82, 2.24) is 14.8 Å². The van der Waals surface area contributed by atoms with Crippen molar-refractivity contribution in [3.8, 4) is 11.4 Å². The van der Waals surface area contributed by atoms with E-state index < -0.39 is 0 Å². The SMILES string of the molecule is CCCCCNC(=O)c1c(C)n(-c2ccccc2)c2cc(C(=O)CC)c(O)c(CN3CCCCC3)c12.Cl. The predicted octanol–water partition coefficient (Wildman–Crippen LogP) is 6.56. The van der Waals surface area contributed by atoms with E-state index in [1.54, 1.807) is 6.07 Å². The topological polar surface area (TPSA) is 74.6 Å². The highest BCUT2D eigenvalue weighted by Gasteiger charge is 2.28. The number of fused-ring (bicyclic) bond motifs is 1. The monoisotopic (exact) mass is 525 g/mol. The molecule has 0 aliphatic carbocycles. The zero-order valence-electron chi connectivity index (χ0n) is 22.3. The number of Topliss-reactive ketones (excluding diaryl/α,β-unsaturated/α-hetero) is 1. The van der Waals surface area contributed by atoms with Crippen molar-refractivity contribution in [3.05, 3.63) is 58.8 Å². The Bertz CT molecular complexity index is 1230. The maximum absolute atomic E-state index is 13.6. The number of piperidine rings is 1. The average molecular weight is 526 g/mol. The predicted molar refractivity (Wildman–Crippen MR) is 153 cm³/mol. The molecule has 2 aromatic carbocycles. The lowest BCUT2D eigenvalue weighted by atomic mass is 9.96. The number of carbonyl (C=O) groups is 2. The summed E-state index contributed by atoms with van der Waals surface area (Å²) in [6, 6.07) is 11.7. The molecule has 1 aromatic heterocycles. The molecule has 37 heavy (non-hydrogen) atoms. The molecule has 1 saturated heterocycles. The number of amides is 1. The van der Waals surface area contributed by atoms with Crippen LogP contribution in [0.5, 0.6) is 5.75 Å². The first-order valence-corrected chi connectivity index (χ1v) is 13.5. The molecule has 0 spiro atoms.